The lowest BCUT2D eigenvalue weighted by Gasteiger charge is -2.33. The van der Waals surface area contributed by atoms with Crippen LogP contribution in [0.25, 0.3) is 0 Å². The average molecular weight is 280 g/mol. The maximum absolute atomic E-state index is 12.3. The number of rotatable bonds is 4. The van der Waals surface area contributed by atoms with Gasteiger partial charge in [0, 0.05) is 25.6 Å². The number of aryl methyl sites for hydroxylation is 2. The van der Waals surface area contributed by atoms with Gasteiger partial charge in [0.15, 0.2) is 11.2 Å². The summed E-state index contributed by atoms with van der Waals surface area (Å²) in [6.45, 7) is 4.30. The molecule has 6 heteroatoms. The standard InChI is InChI=1S/C14H20N2O4/c1-4-20-13(18)14(9-19-6-5-12(14)17)8-11-7-10(2)15-16(11)3/h7H,4-6,8-9H2,1-3H3. The number of carbonyl (C=O) groups is 2. The van der Waals surface area contributed by atoms with E-state index >= 15 is 0 Å². The van der Waals surface area contributed by atoms with Crippen molar-refractivity contribution in [2.45, 2.75) is 26.7 Å². The number of ether oxygens (including phenoxy) is 2. The van der Waals surface area contributed by atoms with Crippen LogP contribution in [0.15, 0.2) is 6.07 Å². The van der Waals surface area contributed by atoms with Gasteiger partial charge in [0.2, 0.25) is 0 Å². The molecule has 6 nitrogen and oxygen atoms in total. The predicted octanol–water partition coefficient (Wildman–Crippen LogP) is 0.810. The summed E-state index contributed by atoms with van der Waals surface area (Å²) in [6.07, 6.45) is 0.512. The fourth-order valence-electron chi connectivity index (χ4n) is 2.53. The summed E-state index contributed by atoms with van der Waals surface area (Å²) in [4.78, 5) is 24.6. The Labute approximate surface area is 118 Å². The molecule has 1 fully saturated rings. The molecule has 0 N–H and O–H groups in total. The summed E-state index contributed by atoms with van der Waals surface area (Å²) < 4.78 is 12.2. The first-order chi connectivity index (χ1) is 9.49. The lowest BCUT2D eigenvalue weighted by atomic mass is 9.77. The van der Waals surface area contributed by atoms with Crippen molar-refractivity contribution in [1.29, 1.82) is 0 Å². The van der Waals surface area contributed by atoms with E-state index in [0.29, 0.717) is 6.61 Å². The van der Waals surface area contributed by atoms with Crippen LogP contribution >= 0.6 is 0 Å². The third kappa shape index (κ3) is 2.60. The topological polar surface area (TPSA) is 70.4 Å². The van der Waals surface area contributed by atoms with E-state index in [1.807, 2.05) is 13.0 Å². The Hall–Kier alpha value is -1.69. The quantitative estimate of drug-likeness (QED) is 0.603. The minimum Gasteiger partial charge on any atom is -0.465 e. The number of esters is 1. The van der Waals surface area contributed by atoms with Crippen LogP contribution in [-0.4, -0.2) is 41.4 Å². The monoisotopic (exact) mass is 280 g/mol. The SMILES string of the molecule is CCOC(=O)C1(Cc2cc(C)nn2C)COCCC1=O. The van der Waals surface area contributed by atoms with E-state index in [4.69, 9.17) is 9.47 Å². The molecule has 1 atom stereocenters. The van der Waals surface area contributed by atoms with E-state index in [0.717, 1.165) is 11.4 Å². The van der Waals surface area contributed by atoms with Crippen molar-refractivity contribution >= 4 is 11.8 Å². The third-order valence-corrected chi connectivity index (χ3v) is 3.60. The fourth-order valence-corrected chi connectivity index (χ4v) is 2.53. The summed E-state index contributed by atoms with van der Waals surface area (Å²) in [7, 11) is 1.80. The highest BCUT2D eigenvalue weighted by atomic mass is 16.5. The lowest BCUT2D eigenvalue weighted by Crippen LogP contribution is -2.50. The van der Waals surface area contributed by atoms with Crippen LogP contribution in [0, 0.1) is 12.3 Å². The van der Waals surface area contributed by atoms with Crippen LogP contribution < -0.4 is 0 Å². The maximum atomic E-state index is 12.3. The van der Waals surface area contributed by atoms with E-state index in [1.54, 1.807) is 18.7 Å². The van der Waals surface area contributed by atoms with Gasteiger partial charge in [0.25, 0.3) is 0 Å². The van der Waals surface area contributed by atoms with Gasteiger partial charge >= 0.3 is 5.97 Å². The molecule has 0 spiro atoms. The Bertz CT molecular complexity index is 523. The third-order valence-electron chi connectivity index (χ3n) is 3.60. The first-order valence-corrected chi connectivity index (χ1v) is 6.77. The van der Waals surface area contributed by atoms with Crippen LogP contribution in [0.4, 0.5) is 0 Å². The van der Waals surface area contributed by atoms with E-state index in [2.05, 4.69) is 5.10 Å². The Kier molecular flexibility index (Phi) is 4.23. The summed E-state index contributed by atoms with van der Waals surface area (Å²) in [5.41, 5.74) is 0.453. The van der Waals surface area contributed by atoms with Gasteiger partial charge in [-0.25, -0.2) is 0 Å². The average Bonchev–Trinajstić information content (AvgIpc) is 2.71. The second-order valence-corrected chi connectivity index (χ2v) is 5.11. The second kappa shape index (κ2) is 5.75. The summed E-state index contributed by atoms with van der Waals surface area (Å²) in [5.74, 6) is -0.607. The molecule has 20 heavy (non-hydrogen) atoms. The molecule has 0 aliphatic carbocycles. The molecule has 0 radical (unpaired) electrons. The molecule has 2 heterocycles. The molecule has 1 saturated heterocycles. The van der Waals surface area contributed by atoms with Crippen LogP contribution in [0.3, 0.4) is 0 Å². The number of nitrogens with zero attached hydrogens (tertiary/aromatic N) is 2. The van der Waals surface area contributed by atoms with Crippen molar-refractivity contribution in [3.8, 4) is 0 Å². The van der Waals surface area contributed by atoms with Gasteiger partial charge in [-0.05, 0) is 19.9 Å². The highest BCUT2D eigenvalue weighted by Gasteiger charge is 2.49. The molecule has 0 amide bonds. The maximum Gasteiger partial charge on any atom is 0.322 e. The van der Waals surface area contributed by atoms with Crippen molar-refractivity contribution in [2.75, 3.05) is 19.8 Å². The number of ketones is 1. The van der Waals surface area contributed by atoms with Crippen molar-refractivity contribution < 1.29 is 19.1 Å². The van der Waals surface area contributed by atoms with Gasteiger partial charge < -0.3 is 9.47 Å². The molecule has 0 bridgehead atoms. The van der Waals surface area contributed by atoms with Gasteiger partial charge in [-0.15, -0.1) is 0 Å². The summed E-state index contributed by atoms with van der Waals surface area (Å²) in [5, 5.41) is 4.25. The Morgan fingerprint density at radius 1 is 1.60 bits per heavy atom. The van der Waals surface area contributed by atoms with Gasteiger partial charge in [0.05, 0.1) is 25.5 Å². The van der Waals surface area contributed by atoms with Gasteiger partial charge in [0.1, 0.15) is 0 Å². The van der Waals surface area contributed by atoms with Crippen molar-refractivity contribution in [3.63, 3.8) is 0 Å². The molecule has 1 aliphatic heterocycles. The lowest BCUT2D eigenvalue weighted by molar-refractivity contribution is -0.169. The zero-order valence-electron chi connectivity index (χ0n) is 12.1. The first kappa shape index (κ1) is 14.7. The molecule has 1 aliphatic rings. The Morgan fingerprint density at radius 3 is 2.90 bits per heavy atom. The number of Topliss-reactive ketones (excluding diaryl/α,β-unsaturated/α-hetero) is 1. The number of carbonyl (C=O) groups excluding carboxylic acids is 2. The predicted molar refractivity (Wildman–Crippen MR) is 71.2 cm³/mol. The van der Waals surface area contributed by atoms with E-state index in [1.165, 1.54) is 0 Å². The summed E-state index contributed by atoms with van der Waals surface area (Å²) >= 11 is 0. The number of hydrogen-bond donors (Lipinski definition) is 0. The number of aromatic nitrogens is 2. The zero-order valence-corrected chi connectivity index (χ0v) is 12.1. The van der Waals surface area contributed by atoms with E-state index < -0.39 is 11.4 Å². The number of hydrogen-bond acceptors (Lipinski definition) is 5. The molecule has 1 aromatic heterocycles. The zero-order chi connectivity index (χ0) is 14.8. The van der Waals surface area contributed by atoms with Crippen LogP contribution in [-0.2, 0) is 32.5 Å². The van der Waals surface area contributed by atoms with E-state index in [-0.39, 0.29) is 31.8 Å². The largest absolute Gasteiger partial charge is 0.465 e. The summed E-state index contributed by atoms with van der Waals surface area (Å²) in [6, 6.07) is 1.88. The van der Waals surface area contributed by atoms with Gasteiger partial charge in [-0.1, -0.05) is 0 Å². The molecular formula is C14H20N2O4. The smallest absolute Gasteiger partial charge is 0.322 e. The van der Waals surface area contributed by atoms with Crippen LogP contribution in [0.2, 0.25) is 0 Å². The fraction of sp³-hybridized carbons (Fsp3) is 0.643. The second-order valence-electron chi connectivity index (χ2n) is 5.11. The van der Waals surface area contributed by atoms with Gasteiger partial charge in [-0.3, -0.25) is 14.3 Å². The van der Waals surface area contributed by atoms with E-state index in [9.17, 15) is 9.59 Å². The highest BCUT2D eigenvalue weighted by molar-refractivity contribution is 6.04. The van der Waals surface area contributed by atoms with Crippen molar-refractivity contribution in [2.24, 2.45) is 12.5 Å². The Balaban J connectivity index is 2.33. The van der Waals surface area contributed by atoms with Gasteiger partial charge in [-0.2, -0.15) is 5.10 Å². The molecule has 0 aromatic carbocycles. The van der Waals surface area contributed by atoms with Crippen LogP contribution in [0.1, 0.15) is 24.7 Å². The highest BCUT2D eigenvalue weighted by Crippen LogP contribution is 2.31. The first-order valence-electron chi connectivity index (χ1n) is 6.77. The normalized spacial score (nSPS) is 22.9. The van der Waals surface area contributed by atoms with Crippen molar-refractivity contribution in [1.82, 2.24) is 9.78 Å². The van der Waals surface area contributed by atoms with Crippen molar-refractivity contribution in [3.05, 3.63) is 17.5 Å². The molecule has 1 unspecified atom stereocenters. The molecule has 2 rings (SSSR count). The molecule has 0 saturated carbocycles. The molecule has 1 aromatic rings. The molecular weight excluding hydrogens is 260 g/mol. The van der Waals surface area contributed by atoms with Crippen LogP contribution in [0.5, 0.6) is 0 Å². The minimum absolute atomic E-state index is 0.0783. The minimum atomic E-state index is -1.23. The Morgan fingerprint density at radius 2 is 2.35 bits per heavy atom. The molecule has 110 valence electrons.